The fourth-order valence-electron chi connectivity index (χ4n) is 3.12. The van der Waals surface area contributed by atoms with Crippen LogP contribution in [0.1, 0.15) is 62.3 Å². The van der Waals surface area contributed by atoms with Crippen molar-refractivity contribution in [3.8, 4) is 0 Å². The molecular formula is C14H27N. The van der Waals surface area contributed by atoms with E-state index in [1.807, 2.05) is 0 Å². The second-order valence-corrected chi connectivity index (χ2v) is 6.90. The van der Waals surface area contributed by atoms with Gasteiger partial charge >= 0.3 is 0 Å². The zero-order valence-electron chi connectivity index (χ0n) is 11.9. The van der Waals surface area contributed by atoms with E-state index in [1.54, 1.807) is 0 Å². The van der Waals surface area contributed by atoms with E-state index in [0.717, 1.165) is 0 Å². The average molecular weight is 209 g/mol. The lowest BCUT2D eigenvalue weighted by molar-refractivity contribution is 0.0272. The molecule has 0 amide bonds. The van der Waals surface area contributed by atoms with Gasteiger partial charge in [0, 0.05) is 22.2 Å². The second kappa shape index (κ2) is 3.02. The molecule has 0 N–H and O–H groups in total. The Kier molecular flexibility index (Phi) is 2.54. The van der Waals surface area contributed by atoms with Gasteiger partial charge in [-0.25, -0.2) is 0 Å². The maximum atomic E-state index is 2.58. The molecule has 0 spiro atoms. The highest BCUT2D eigenvalue weighted by Crippen LogP contribution is 2.53. The van der Waals surface area contributed by atoms with Crippen molar-refractivity contribution < 1.29 is 0 Å². The van der Waals surface area contributed by atoms with Crippen LogP contribution in [0.4, 0.5) is 0 Å². The molecule has 0 unspecified atom stereocenters. The molecule has 0 saturated heterocycles. The predicted molar refractivity (Wildman–Crippen MR) is 67.8 cm³/mol. The lowest BCUT2D eigenvalue weighted by Crippen LogP contribution is -2.55. The molecule has 0 aromatic heterocycles. The van der Waals surface area contributed by atoms with Crippen LogP contribution in [-0.2, 0) is 0 Å². The Morgan fingerprint density at radius 2 is 1.33 bits per heavy atom. The van der Waals surface area contributed by atoms with Crippen molar-refractivity contribution in [2.45, 2.75) is 73.4 Å². The first-order valence-electron chi connectivity index (χ1n) is 5.92. The molecule has 0 aromatic rings. The van der Waals surface area contributed by atoms with Gasteiger partial charge in [-0.1, -0.05) is 13.8 Å². The summed E-state index contributed by atoms with van der Waals surface area (Å²) < 4.78 is 0. The minimum atomic E-state index is 0.194. The third-order valence-electron chi connectivity index (χ3n) is 4.57. The maximum absolute atomic E-state index is 2.58. The van der Waals surface area contributed by atoms with Crippen molar-refractivity contribution in [1.82, 2.24) is 4.90 Å². The Balaban J connectivity index is 3.34. The number of hydrogen-bond acceptors (Lipinski definition) is 1. The van der Waals surface area contributed by atoms with Crippen molar-refractivity contribution in [1.29, 1.82) is 0 Å². The van der Waals surface area contributed by atoms with Crippen LogP contribution >= 0.6 is 0 Å². The first-order chi connectivity index (χ1) is 6.44. The van der Waals surface area contributed by atoms with Gasteiger partial charge in [-0.15, -0.1) is 0 Å². The molecule has 15 heavy (non-hydrogen) atoms. The van der Waals surface area contributed by atoms with Crippen LogP contribution in [0.15, 0.2) is 11.3 Å². The SMILES string of the molecule is CC1=C(C)C(C)(C)C(C)(C)N1C(C)(C)C. The van der Waals surface area contributed by atoms with Gasteiger partial charge in [-0.2, -0.15) is 0 Å². The second-order valence-electron chi connectivity index (χ2n) is 6.90. The zero-order chi connectivity index (χ0) is 12.2. The van der Waals surface area contributed by atoms with E-state index in [0.29, 0.717) is 0 Å². The van der Waals surface area contributed by atoms with Crippen molar-refractivity contribution in [2.24, 2.45) is 5.41 Å². The Hall–Kier alpha value is -0.460. The third kappa shape index (κ3) is 1.51. The fourth-order valence-corrected chi connectivity index (χ4v) is 3.12. The van der Waals surface area contributed by atoms with Crippen LogP contribution in [0.25, 0.3) is 0 Å². The van der Waals surface area contributed by atoms with Crippen molar-refractivity contribution in [3.63, 3.8) is 0 Å². The molecule has 0 saturated carbocycles. The Morgan fingerprint density at radius 1 is 0.933 bits per heavy atom. The number of allylic oxidation sites excluding steroid dienone is 1. The lowest BCUT2D eigenvalue weighted by atomic mass is 9.71. The highest BCUT2D eigenvalue weighted by Gasteiger charge is 2.52. The van der Waals surface area contributed by atoms with Gasteiger partial charge in [-0.05, 0) is 54.0 Å². The molecule has 88 valence electrons. The predicted octanol–water partition coefficient (Wildman–Crippen LogP) is 4.20. The quantitative estimate of drug-likeness (QED) is 0.578. The molecule has 0 radical (unpaired) electrons. The summed E-state index contributed by atoms with van der Waals surface area (Å²) in [6.07, 6.45) is 0. The fraction of sp³-hybridized carbons (Fsp3) is 0.857. The largest absolute Gasteiger partial charge is 0.364 e. The van der Waals surface area contributed by atoms with Gasteiger partial charge in [0.25, 0.3) is 0 Å². The van der Waals surface area contributed by atoms with E-state index in [9.17, 15) is 0 Å². The summed E-state index contributed by atoms with van der Waals surface area (Å²) in [4.78, 5) is 2.58. The summed E-state index contributed by atoms with van der Waals surface area (Å²) in [5.74, 6) is 0. The molecule has 1 rings (SSSR count). The van der Waals surface area contributed by atoms with Gasteiger partial charge < -0.3 is 4.90 Å². The van der Waals surface area contributed by atoms with Gasteiger partial charge in [0.1, 0.15) is 0 Å². The molecule has 1 heterocycles. The van der Waals surface area contributed by atoms with Gasteiger partial charge in [-0.3, -0.25) is 0 Å². The molecule has 1 aliphatic heterocycles. The lowest BCUT2D eigenvalue weighted by Gasteiger charge is -2.50. The van der Waals surface area contributed by atoms with E-state index in [4.69, 9.17) is 0 Å². The standard InChI is InChI=1S/C14H27N/c1-10-11(2)15(12(3,4)5)14(8,9)13(10,6)7/h1-9H3. The van der Waals surface area contributed by atoms with Crippen LogP contribution in [0, 0.1) is 5.41 Å². The summed E-state index contributed by atoms with van der Waals surface area (Å²) in [5.41, 5.74) is 3.63. The summed E-state index contributed by atoms with van der Waals surface area (Å²) in [6.45, 7) is 20.9. The highest BCUT2D eigenvalue weighted by molar-refractivity contribution is 5.32. The van der Waals surface area contributed by atoms with Crippen LogP contribution < -0.4 is 0 Å². The monoisotopic (exact) mass is 209 g/mol. The minimum Gasteiger partial charge on any atom is -0.364 e. The Morgan fingerprint density at radius 3 is 1.47 bits per heavy atom. The summed E-state index contributed by atoms with van der Waals surface area (Å²) in [6, 6.07) is 0. The Bertz CT molecular complexity index is 300. The van der Waals surface area contributed by atoms with Gasteiger partial charge in [0.2, 0.25) is 0 Å². The molecule has 0 aliphatic carbocycles. The van der Waals surface area contributed by atoms with E-state index in [1.165, 1.54) is 11.3 Å². The van der Waals surface area contributed by atoms with Crippen LogP contribution in [0.3, 0.4) is 0 Å². The summed E-state index contributed by atoms with van der Waals surface area (Å²) >= 11 is 0. The smallest absolute Gasteiger partial charge is 0.0436 e. The summed E-state index contributed by atoms with van der Waals surface area (Å²) in [5, 5.41) is 0. The van der Waals surface area contributed by atoms with E-state index < -0.39 is 0 Å². The first kappa shape index (κ1) is 12.6. The third-order valence-corrected chi connectivity index (χ3v) is 4.57. The van der Waals surface area contributed by atoms with Crippen LogP contribution in [0.2, 0.25) is 0 Å². The zero-order valence-corrected chi connectivity index (χ0v) is 11.9. The highest BCUT2D eigenvalue weighted by atomic mass is 15.3. The molecule has 1 heteroatoms. The van der Waals surface area contributed by atoms with Crippen molar-refractivity contribution in [3.05, 3.63) is 11.3 Å². The van der Waals surface area contributed by atoms with Crippen LogP contribution in [0.5, 0.6) is 0 Å². The normalized spacial score (nSPS) is 25.0. The molecule has 0 aromatic carbocycles. The number of nitrogens with zero attached hydrogens (tertiary/aromatic N) is 1. The Labute approximate surface area is 95.5 Å². The minimum absolute atomic E-state index is 0.194. The maximum Gasteiger partial charge on any atom is 0.0436 e. The molecule has 0 bridgehead atoms. The number of hydrogen-bond donors (Lipinski definition) is 0. The number of rotatable bonds is 0. The molecule has 0 atom stereocenters. The summed E-state index contributed by atoms with van der Waals surface area (Å²) in [7, 11) is 0. The van der Waals surface area contributed by atoms with E-state index >= 15 is 0 Å². The first-order valence-corrected chi connectivity index (χ1v) is 5.92. The van der Waals surface area contributed by atoms with E-state index in [2.05, 4.69) is 67.2 Å². The average Bonchev–Trinajstić information content (AvgIpc) is 2.08. The van der Waals surface area contributed by atoms with Crippen molar-refractivity contribution >= 4 is 0 Å². The molecule has 1 aliphatic rings. The van der Waals surface area contributed by atoms with E-state index in [-0.39, 0.29) is 16.5 Å². The molecule has 0 fully saturated rings. The molecular weight excluding hydrogens is 182 g/mol. The van der Waals surface area contributed by atoms with Crippen LogP contribution in [-0.4, -0.2) is 16.0 Å². The topological polar surface area (TPSA) is 3.24 Å². The van der Waals surface area contributed by atoms with Gasteiger partial charge in [0.15, 0.2) is 0 Å². The van der Waals surface area contributed by atoms with Gasteiger partial charge in [0.05, 0.1) is 0 Å². The van der Waals surface area contributed by atoms with Crippen molar-refractivity contribution in [2.75, 3.05) is 0 Å². The molecule has 1 nitrogen and oxygen atoms in total.